The van der Waals surface area contributed by atoms with Gasteiger partial charge in [0.05, 0.1) is 29.9 Å². The molecule has 0 unspecified atom stereocenters. The summed E-state index contributed by atoms with van der Waals surface area (Å²) in [4.78, 5) is 12.8. The van der Waals surface area contributed by atoms with Crippen LogP contribution in [0.2, 0.25) is 0 Å². The zero-order valence-electron chi connectivity index (χ0n) is 16.5. The number of benzene rings is 2. The van der Waals surface area contributed by atoms with Crippen molar-refractivity contribution in [3.63, 3.8) is 0 Å². The number of hydrogen-bond donors (Lipinski definition) is 1. The van der Waals surface area contributed by atoms with Crippen LogP contribution >= 0.6 is 0 Å². The summed E-state index contributed by atoms with van der Waals surface area (Å²) in [6.45, 7) is 1.51. The number of aromatic nitrogens is 3. The van der Waals surface area contributed by atoms with E-state index in [2.05, 4.69) is 15.6 Å². The van der Waals surface area contributed by atoms with Crippen molar-refractivity contribution in [2.24, 2.45) is 0 Å². The van der Waals surface area contributed by atoms with Crippen molar-refractivity contribution in [3.05, 3.63) is 66.5 Å². The molecule has 2 aromatic heterocycles. The number of carbonyl (C=O) groups excluding carboxylic acids is 1. The van der Waals surface area contributed by atoms with Crippen LogP contribution in [0.5, 0.6) is 0 Å². The molecule has 0 saturated carbocycles. The van der Waals surface area contributed by atoms with E-state index in [-0.39, 0.29) is 12.0 Å². The summed E-state index contributed by atoms with van der Waals surface area (Å²) in [5.74, 6) is 0.450. The second-order valence-electron chi connectivity index (χ2n) is 7.50. The fourth-order valence-electron chi connectivity index (χ4n) is 3.77. The molecule has 1 aliphatic rings. The highest BCUT2D eigenvalue weighted by Crippen LogP contribution is 2.29. The summed E-state index contributed by atoms with van der Waals surface area (Å²) in [6, 6.07) is 15.1. The van der Waals surface area contributed by atoms with Gasteiger partial charge in [-0.3, -0.25) is 9.48 Å². The lowest BCUT2D eigenvalue weighted by molar-refractivity contribution is 0.00400. The molecule has 30 heavy (non-hydrogen) atoms. The van der Waals surface area contributed by atoms with Crippen LogP contribution < -0.4 is 5.32 Å². The quantitative estimate of drug-likeness (QED) is 0.531. The van der Waals surface area contributed by atoms with Gasteiger partial charge in [-0.1, -0.05) is 35.5 Å². The molecule has 1 N–H and O–H groups in total. The van der Waals surface area contributed by atoms with Gasteiger partial charge < -0.3 is 14.6 Å². The first-order valence-electron chi connectivity index (χ1n) is 10.2. The Balaban J connectivity index is 1.33. The van der Waals surface area contributed by atoms with Gasteiger partial charge in [0.1, 0.15) is 5.52 Å². The van der Waals surface area contributed by atoms with Crippen molar-refractivity contribution in [1.29, 1.82) is 0 Å². The molecule has 1 fully saturated rings. The molecule has 1 saturated heterocycles. The van der Waals surface area contributed by atoms with Crippen LogP contribution in [0.4, 0.5) is 5.69 Å². The molecule has 0 bridgehead atoms. The van der Waals surface area contributed by atoms with Gasteiger partial charge in [0.15, 0.2) is 5.76 Å². The van der Waals surface area contributed by atoms with Crippen LogP contribution in [-0.2, 0) is 11.3 Å². The lowest BCUT2D eigenvalue weighted by Gasteiger charge is -2.22. The number of nitrogens with one attached hydrogen (secondary N) is 1. The van der Waals surface area contributed by atoms with Crippen LogP contribution in [-0.4, -0.2) is 33.6 Å². The molecule has 3 heterocycles. The fourth-order valence-corrected chi connectivity index (χ4v) is 3.77. The molecule has 5 rings (SSSR count). The summed E-state index contributed by atoms with van der Waals surface area (Å²) in [5, 5.41) is 12.2. The van der Waals surface area contributed by atoms with E-state index < -0.39 is 0 Å². The number of fused-ring (bicyclic) bond motifs is 1. The Bertz CT molecular complexity index is 1160. The van der Waals surface area contributed by atoms with E-state index in [1.165, 1.54) is 6.42 Å². The van der Waals surface area contributed by atoms with Crippen molar-refractivity contribution in [2.75, 3.05) is 11.9 Å². The van der Waals surface area contributed by atoms with Crippen LogP contribution in [0.25, 0.3) is 22.2 Å². The highest BCUT2D eigenvalue weighted by atomic mass is 16.5. The SMILES string of the molecule is O=C(Nc1cnn(C[C@@H]2CCCCO2)c1)c1ccc2noc(-c3ccccc3)c2c1. The normalized spacial score (nSPS) is 16.6. The molecule has 0 aliphatic carbocycles. The molecule has 2 aromatic carbocycles. The molecule has 0 radical (unpaired) electrons. The zero-order chi connectivity index (χ0) is 20.3. The second-order valence-corrected chi connectivity index (χ2v) is 7.50. The number of anilines is 1. The molecular formula is C23H22N4O3. The summed E-state index contributed by atoms with van der Waals surface area (Å²) < 4.78 is 13.1. The van der Waals surface area contributed by atoms with Crippen LogP contribution in [0.1, 0.15) is 29.6 Å². The third-order valence-electron chi connectivity index (χ3n) is 5.33. The first kappa shape index (κ1) is 18.6. The largest absolute Gasteiger partial charge is 0.376 e. The molecule has 1 amide bonds. The minimum atomic E-state index is -0.203. The lowest BCUT2D eigenvalue weighted by Crippen LogP contribution is -2.24. The Morgan fingerprint density at radius 3 is 2.90 bits per heavy atom. The fraction of sp³-hybridized carbons (Fsp3) is 0.261. The first-order valence-corrected chi connectivity index (χ1v) is 10.2. The maximum absolute atomic E-state index is 12.8. The predicted molar refractivity (Wildman–Crippen MR) is 113 cm³/mol. The minimum Gasteiger partial charge on any atom is -0.376 e. The summed E-state index contributed by atoms with van der Waals surface area (Å²) in [6.07, 6.45) is 7.04. The van der Waals surface area contributed by atoms with Crippen molar-refractivity contribution < 1.29 is 14.1 Å². The molecule has 1 aliphatic heterocycles. The van der Waals surface area contributed by atoms with Crippen LogP contribution in [0, 0.1) is 0 Å². The highest BCUT2D eigenvalue weighted by Gasteiger charge is 2.17. The van der Waals surface area contributed by atoms with E-state index in [1.54, 1.807) is 18.3 Å². The lowest BCUT2D eigenvalue weighted by atomic mass is 10.1. The molecule has 1 atom stereocenters. The Morgan fingerprint density at radius 2 is 2.07 bits per heavy atom. The van der Waals surface area contributed by atoms with Gasteiger partial charge >= 0.3 is 0 Å². The maximum atomic E-state index is 12.8. The van der Waals surface area contributed by atoms with Gasteiger partial charge in [-0.15, -0.1) is 0 Å². The van der Waals surface area contributed by atoms with Crippen molar-refractivity contribution in [2.45, 2.75) is 31.9 Å². The van der Waals surface area contributed by atoms with E-state index in [0.29, 0.717) is 29.1 Å². The topological polar surface area (TPSA) is 82.2 Å². The molecule has 0 spiro atoms. The average Bonchev–Trinajstić information content (AvgIpc) is 3.41. The third kappa shape index (κ3) is 3.84. The highest BCUT2D eigenvalue weighted by molar-refractivity contribution is 6.07. The number of rotatable bonds is 5. The van der Waals surface area contributed by atoms with Gasteiger partial charge in [0.2, 0.25) is 0 Å². The Labute approximate surface area is 173 Å². The molecule has 7 heteroatoms. The van der Waals surface area contributed by atoms with E-state index >= 15 is 0 Å². The second kappa shape index (κ2) is 8.12. The first-order chi connectivity index (χ1) is 14.8. The number of ether oxygens (including phenoxy) is 1. The molecule has 4 aromatic rings. The van der Waals surface area contributed by atoms with Crippen molar-refractivity contribution in [1.82, 2.24) is 14.9 Å². The zero-order valence-corrected chi connectivity index (χ0v) is 16.5. The average molecular weight is 402 g/mol. The van der Waals surface area contributed by atoms with Gasteiger partial charge in [-0.05, 0) is 37.5 Å². The molecule has 7 nitrogen and oxygen atoms in total. The van der Waals surface area contributed by atoms with Gasteiger partial charge in [-0.25, -0.2) is 0 Å². The predicted octanol–water partition coefficient (Wildman–Crippen LogP) is 4.51. The van der Waals surface area contributed by atoms with Crippen LogP contribution in [0.3, 0.4) is 0 Å². The van der Waals surface area contributed by atoms with Crippen LogP contribution in [0.15, 0.2) is 65.4 Å². The standard InChI is InChI=1S/C23H22N4O3/c28-23(25-18-13-24-27(14-18)15-19-8-4-5-11-29-19)17-9-10-21-20(12-17)22(30-26-21)16-6-2-1-3-7-16/h1-3,6-7,9-10,12-14,19H,4-5,8,11,15H2,(H,25,28)/t19-/m0/s1. The summed E-state index contributed by atoms with van der Waals surface area (Å²) >= 11 is 0. The van der Waals surface area contributed by atoms with E-state index in [4.69, 9.17) is 9.26 Å². The smallest absolute Gasteiger partial charge is 0.255 e. The van der Waals surface area contributed by atoms with Crippen molar-refractivity contribution >= 4 is 22.5 Å². The third-order valence-corrected chi connectivity index (χ3v) is 5.33. The summed E-state index contributed by atoms with van der Waals surface area (Å²) in [5.41, 5.74) is 2.82. The molecule has 152 valence electrons. The number of carbonyl (C=O) groups is 1. The maximum Gasteiger partial charge on any atom is 0.255 e. The van der Waals surface area contributed by atoms with Crippen molar-refractivity contribution in [3.8, 4) is 11.3 Å². The van der Waals surface area contributed by atoms with E-state index in [1.807, 2.05) is 47.3 Å². The molecular weight excluding hydrogens is 380 g/mol. The van der Waals surface area contributed by atoms with Gasteiger partial charge in [-0.2, -0.15) is 5.10 Å². The Hall–Kier alpha value is -3.45. The van der Waals surface area contributed by atoms with E-state index in [0.717, 1.165) is 30.4 Å². The number of nitrogens with zero attached hydrogens (tertiary/aromatic N) is 3. The van der Waals surface area contributed by atoms with E-state index in [9.17, 15) is 4.79 Å². The monoisotopic (exact) mass is 402 g/mol. The Kier molecular flexibility index (Phi) is 5.03. The van der Waals surface area contributed by atoms with Gasteiger partial charge in [0, 0.05) is 23.9 Å². The Morgan fingerprint density at radius 1 is 1.17 bits per heavy atom. The summed E-state index contributed by atoms with van der Waals surface area (Å²) in [7, 11) is 0. The minimum absolute atomic E-state index is 0.189. The number of amides is 1. The van der Waals surface area contributed by atoms with Gasteiger partial charge in [0.25, 0.3) is 5.91 Å². The number of hydrogen-bond acceptors (Lipinski definition) is 5.